The predicted molar refractivity (Wildman–Crippen MR) is 148 cm³/mol. The zero-order valence-corrected chi connectivity index (χ0v) is 24.2. The molecule has 8 nitrogen and oxygen atoms in total. The van der Waals surface area contributed by atoms with E-state index in [-0.39, 0.29) is 30.2 Å². The SMILES string of the molecule is C=CCN(CCCC)C(=O)C1N([C@@H](CO)C(C)C)C(=O)[C@@H]2[C@H](C(=O)N(CC=C)CCC)[C@]3(CC)CCC12O3. The van der Waals surface area contributed by atoms with Crippen molar-refractivity contribution in [2.24, 2.45) is 17.8 Å². The number of rotatable bonds is 15. The zero-order valence-electron chi connectivity index (χ0n) is 24.2. The molecule has 6 atom stereocenters. The third-order valence-corrected chi connectivity index (χ3v) is 9.03. The van der Waals surface area contributed by atoms with Gasteiger partial charge in [-0.1, -0.05) is 53.2 Å². The monoisotopic (exact) mass is 531 g/mol. The van der Waals surface area contributed by atoms with Gasteiger partial charge in [-0.2, -0.15) is 0 Å². The molecule has 3 heterocycles. The van der Waals surface area contributed by atoms with Crippen LogP contribution >= 0.6 is 0 Å². The standard InChI is InChI=1S/C30H49N3O5/c1-8-13-19-32(18-11-4)28(37)25-30-15-14-29(12-5,38-30)23(26(35)31(16-9-2)17-10-3)24(30)27(36)33(25)22(20-34)21(6)7/h9,11,21-25,34H,2,4,8,10,12-20H2,1,3,5-7H3/t22-,23+,24-,25?,29-,30?/m0/s1. The molecule has 0 saturated carbocycles. The molecule has 3 amide bonds. The van der Waals surface area contributed by atoms with Crippen molar-refractivity contribution in [2.75, 3.05) is 32.8 Å². The molecule has 3 aliphatic heterocycles. The highest BCUT2D eigenvalue weighted by molar-refractivity contribution is 5.99. The molecule has 3 saturated heterocycles. The Morgan fingerprint density at radius 2 is 1.71 bits per heavy atom. The van der Waals surface area contributed by atoms with Gasteiger partial charge in [0.15, 0.2) is 0 Å². The van der Waals surface area contributed by atoms with E-state index < -0.39 is 35.1 Å². The second-order valence-corrected chi connectivity index (χ2v) is 11.6. The van der Waals surface area contributed by atoms with Crippen molar-refractivity contribution >= 4 is 17.7 Å². The maximum atomic E-state index is 14.5. The lowest BCUT2D eigenvalue weighted by Crippen LogP contribution is -2.59. The highest BCUT2D eigenvalue weighted by Crippen LogP contribution is 2.65. The highest BCUT2D eigenvalue weighted by Gasteiger charge is 2.79. The van der Waals surface area contributed by atoms with E-state index in [1.165, 1.54) is 0 Å². The number of carbonyl (C=O) groups is 3. The molecule has 3 fully saturated rings. The summed E-state index contributed by atoms with van der Waals surface area (Å²) in [6.07, 6.45) is 7.72. The summed E-state index contributed by atoms with van der Waals surface area (Å²) in [5, 5.41) is 10.4. The number of likely N-dealkylation sites (tertiary alicyclic amines) is 1. The van der Waals surface area contributed by atoms with Crippen LogP contribution in [0.2, 0.25) is 0 Å². The van der Waals surface area contributed by atoms with Crippen LogP contribution in [0.3, 0.4) is 0 Å². The van der Waals surface area contributed by atoms with Crippen LogP contribution in [0.1, 0.15) is 73.1 Å². The van der Waals surface area contributed by atoms with E-state index in [1.54, 1.807) is 26.9 Å². The number of unbranched alkanes of at least 4 members (excludes halogenated alkanes) is 1. The second kappa shape index (κ2) is 12.3. The molecule has 0 aromatic heterocycles. The number of aliphatic hydroxyl groups is 1. The average molecular weight is 532 g/mol. The Morgan fingerprint density at radius 3 is 2.21 bits per heavy atom. The molecule has 8 heteroatoms. The Morgan fingerprint density at radius 1 is 1.08 bits per heavy atom. The summed E-state index contributed by atoms with van der Waals surface area (Å²) in [4.78, 5) is 48.1. The molecule has 0 aliphatic carbocycles. The topological polar surface area (TPSA) is 90.4 Å². The van der Waals surface area contributed by atoms with E-state index in [1.807, 2.05) is 27.7 Å². The first-order valence-corrected chi connectivity index (χ1v) is 14.6. The van der Waals surface area contributed by atoms with Crippen LogP contribution in [-0.4, -0.2) is 93.6 Å². The summed E-state index contributed by atoms with van der Waals surface area (Å²) < 4.78 is 6.91. The minimum absolute atomic E-state index is 0.0817. The van der Waals surface area contributed by atoms with Gasteiger partial charge in [0.05, 0.1) is 30.1 Å². The third-order valence-electron chi connectivity index (χ3n) is 9.03. The van der Waals surface area contributed by atoms with Crippen molar-refractivity contribution in [1.82, 2.24) is 14.7 Å². The number of hydrogen-bond acceptors (Lipinski definition) is 5. The van der Waals surface area contributed by atoms with Gasteiger partial charge in [-0.15, -0.1) is 13.2 Å². The highest BCUT2D eigenvalue weighted by atomic mass is 16.5. The molecule has 0 aromatic carbocycles. The first-order chi connectivity index (χ1) is 18.1. The molecule has 1 N–H and O–H groups in total. The Balaban J connectivity index is 2.17. The molecule has 0 aromatic rings. The van der Waals surface area contributed by atoms with E-state index in [0.717, 1.165) is 19.3 Å². The summed E-state index contributed by atoms with van der Waals surface area (Å²) in [5.41, 5.74) is -1.88. The normalized spacial score (nSPS) is 30.4. The number of carbonyl (C=O) groups excluding carboxylic acids is 3. The van der Waals surface area contributed by atoms with Gasteiger partial charge in [0.1, 0.15) is 11.6 Å². The van der Waals surface area contributed by atoms with E-state index >= 15 is 0 Å². The van der Waals surface area contributed by atoms with Crippen LogP contribution in [0.5, 0.6) is 0 Å². The van der Waals surface area contributed by atoms with Gasteiger partial charge in [-0.25, -0.2) is 0 Å². The lowest BCUT2D eigenvalue weighted by Gasteiger charge is -2.40. The van der Waals surface area contributed by atoms with Gasteiger partial charge in [0.2, 0.25) is 17.7 Å². The summed E-state index contributed by atoms with van der Waals surface area (Å²) in [5.74, 6) is -2.03. The van der Waals surface area contributed by atoms with Crippen LogP contribution in [0, 0.1) is 17.8 Å². The number of fused-ring (bicyclic) bond motifs is 1. The fourth-order valence-electron chi connectivity index (χ4n) is 7.17. The predicted octanol–water partition coefficient (Wildman–Crippen LogP) is 3.40. The van der Waals surface area contributed by atoms with Gasteiger partial charge in [-0.05, 0) is 38.0 Å². The number of nitrogens with zero attached hydrogens (tertiary/aromatic N) is 3. The Kier molecular flexibility index (Phi) is 9.85. The van der Waals surface area contributed by atoms with E-state index in [2.05, 4.69) is 20.1 Å². The van der Waals surface area contributed by atoms with E-state index in [9.17, 15) is 19.5 Å². The second-order valence-electron chi connectivity index (χ2n) is 11.6. The number of amides is 3. The Labute approximate surface area is 229 Å². The first-order valence-electron chi connectivity index (χ1n) is 14.6. The van der Waals surface area contributed by atoms with Gasteiger partial charge < -0.3 is 24.5 Å². The molecule has 0 radical (unpaired) electrons. The van der Waals surface area contributed by atoms with Crippen molar-refractivity contribution in [3.05, 3.63) is 25.3 Å². The summed E-state index contributed by atoms with van der Waals surface area (Å²) >= 11 is 0. The van der Waals surface area contributed by atoms with Gasteiger partial charge >= 0.3 is 0 Å². The molecular formula is C30H49N3O5. The quantitative estimate of drug-likeness (QED) is 0.327. The molecule has 3 rings (SSSR count). The largest absolute Gasteiger partial charge is 0.394 e. The average Bonchev–Trinajstić information content (AvgIpc) is 3.50. The third kappa shape index (κ3) is 4.83. The maximum Gasteiger partial charge on any atom is 0.248 e. The first kappa shape index (κ1) is 30.4. The maximum absolute atomic E-state index is 14.5. The van der Waals surface area contributed by atoms with Gasteiger partial charge in [0, 0.05) is 26.2 Å². The van der Waals surface area contributed by atoms with Crippen LogP contribution in [-0.2, 0) is 19.1 Å². The minimum Gasteiger partial charge on any atom is -0.394 e. The Bertz CT molecular complexity index is 906. The smallest absolute Gasteiger partial charge is 0.248 e. The molecule has 1 spiro atoms. The van der Waals surface area contributed by atoms with Gasteiger partial charge in [0.25, 0.3) is 0 Å². The van der Waals surface area contributed by atoms with Crippen LogP contribution in [0.15, 0.2) is 25.3 Å². The summed E-state index contributed by atoms with van der Waals surface area (Å²) in [6.45, 7) is 19.3. The molecule has 214 valence electrons. The zero-order chi connectivity index (χ0) is 28.3. The van der Waals surface area contributed by atoms with Crippen molar-refractivity contribution in [2.45, 2.75) is 96.4 Å². The summed E-state index contributed by atoms with van der Waals surface area (Å²) in [7, 11) is 0. The summed E-state index contributed by atoms with van der Waals surface area (Å²) in [6, 6.07) is -1.44. The van der Waals surface area contributed by atoms with Crippen molar-refractivity contribution in [1.29, 1.82) is 0 Å². The number of ether oxygens (including phenoxy) is 1. The van der Waals surface area contributed by atoms with Crippen molar-refractivity contribution < 1.29 is 24.2 Å². The van der Waals surface area contributed by atoms with E-state index in [0.29, 0.717) is 45.4 Å². The number of aliphatic hydroxyl groups excluding tert-OH is 1. The molecular weight excluding hydrogens is 482 g/mol. The molecule has 3 aliphatic rings. The van der Waals surface area contributed by atoms with E-state index in [4.69, 9.17) is 4.74 Å². The fourth-order valence-corrected chi connectivity index (χ4v) is 7.17. The lowest BCUT2D eigenvalue weighted by molar-refractivity contribution is -0.159. The lowest BCUT2D eigenvalue weighted by atomic mass is 9.64. The van der Waals surface area contributed by atoms with Crippen molar-refractivity contribution in [3.63, 3.8) is 0 Å². The van der Waals surface area contributed by atoms with Crippen LogP contribution in [0.25, 0.3) is 0 Å². The Hall–Kier alpha value is -2.19. The minimum atomic E-state index is -1.09. The number of hydrogen-bond donors (Lipinski definition) is 1. The van der Waals surface area contributed by atoms with Crippen LogP contribution in [0.4, 0.5) is 0 Å². The van der Waals surface area contributed by atoms with Crippen molar-refractivity contribution in [3.8, 4) is 0 Å². The fraction of sp³-hybridized carbons (Fsp3) is 0.767. The molecule has 2 unspecified atom stereocenters. The molecule has 2 bridgehead atoms. The van der Waals surface area contributed by atoms with Crippen LogP contribution < -0.4 is 0 Å². The molecule has 38 heavy (non-hydrogen) atoms. The van der Waals surface area contributed by atoms with Gasteiger partial charge in [-0.3, -0.25) is 14.4 Å².